The zero-order chi connectivity index (χ0) is 22.6. The summed E-state index contributed by atoms with van der Waals surface area (Å²) in [6.07, 6.45) is 5.28. The molecule has 172 valence electrons. The van der Waals surface area contributed by atoms with Crippen LogP contribution in [0.4, 0.5) is 0 Å². The summed E-state index contributed by atoms with van der Waals surface area (Å²) < 4.78 is 17.2. The number of rotatable bonds is 5. The highest BCUT2D eigenvalue weighted by atomic mass is 16.5. The maximum Gasteiger partial charge on any atom is 0.243 e. The highest BCUT2D eigenvalue weighted by molar-refractivity contribution is 5.90. The van der Waals surface area contributed by atoms with Crippen LogP contribution in [0.1, 0.15) is 30.4 Å². The number of benzene rings is 2. The number of methoxy groups -OCH3 is 2. The van der Waals surface area contributed by atoms with Crippen molar-refractivity contribution >= 4 is 12.0 Å². The standard InChI is InChI=1S/C27H30N2O4/c1-31-23-9-4-3-7-19(23)15-28-16-21-14-22(29-12-6-11-27(21,29)26(28)30)20-13-18-8-5-10-24(32-2)25(18)33-17-20/h3-5,7-10,13,21-22H,6,11-12,14-17H2,1-2H3/t21-,22-,27-/m0/s1. The number of carbonyl (C=O) groups is 1. The van der Waals surface area contributed by atoms with Gasteiger partial charge in [-0.05, 0) is 49.6 Å². The number of nitrogens with zero attached hydrogens (tertiary/aromatic N) is 2. The van der Waals surface area contributed by atoms with Crippen molar-refractivity contribution in [3.63, 3.8) is 0 Å². The molecule has 4 aliphatic rings. The Bertz CT molecular complexity index is 1130. The van der Waals surface area contributed by atoms with Crippen LogP contribution in [0.2, 0.25) is 0 Å². The second kappa shape index (κ2) is 7.80. The van der Waals surface area contributed by atoms with Crippen LogP contribution in [0.3, 0.4) is 0 Å². The summed E-state index contributed by atoms with van der Waals surface area (Å²) in [6.45, 7) is 2.94. The predicted molar refractivity (Wildman–Crippen MR) is 125 cm³/mol. The van der Waals surface area contributed by atoms with Gasteiger partial charge in [-0.1, -0.05) is 30.3 Å². The summed E-state index contributed by atoms with van der Waals surface area (Å²) in [5.41, 5.74) is 3.04. The molecule has 2 aromatic carbocycles. The lowest BCUT2D eigenvalue weighted by Crippen LogP contribution is -2.51. The molecule has 3 atom stereocenters. The van der Waals surface area contributed by atoms with E-state index in [1.54, 1.807) is 14.2 Å². The van der Waals surface area contributed by atoms with E-state index in [2.05, 4.69) is 28.0 Å². The van der Waals surface area contributed by atoms with Gasteiger partial charge in [-0.3, -0.25) is 9.69 Å². The van der Waals surface area contributed by atoms with Crippen LogP contribution in [-0.4, -0.2) is 61.2 Å². The van der Waals surface area contributed by atoms with Gasteiger partial charge in [0.1, 0.15) is 17.9 Å². The molecule has 0 aromatic heterocycles. The molecule has 0 unspecified atom stereocenters. The van der Waals surface area contributed by atoms with Gasteiger partial charge >= 0.3 is 0 Å². The summed E-state index contributed by atoms with van der Waals surface area (Å²) in [7, 11) is 3.36. The third-order valence-corrected chi connectivity index (χ3v) is 8.06. The van der Waals surface area contributed by atoms with Crippen LogP contribution in [0.5, 0.6) is 17.2 Å². The molecule has 6 rings (SSSR count). The molecule has 4 aliphatic heterocycles. The van der Waals surface area contributed by atoms with E-state index < -0.39 is 0 Å². The zero-order valence-electron chi connectivity index (χ0n) is 19.3. The van der Waals surface area contributed by atoms with E-state index in [1.807, 2.05) is 30.3 Å². The second-order valence-electron chi connectivity index (χ2n) is 9.55. The summed E-state index contributed by atoms with van der Waals surface area (Å²) >= 11 is 0. The van der Waals surface area contributed by atoms with Crippen LogP contribution >= 0.6 is 0 Å². The molecule has 0 N–H and O–H groups in total. The Kier molecular flexibility index (Phi) is 4.87. The van der Waals surface area contributed by atoms with E-state index in [4.69, 9.17) is 14.2 Å². The summed E-state index contributed by atoms with van der Waals surface area (Å²) in [6, 6.07) is 14.3. The number of para-hydroxylation sites is 2. The van der Waals surface area contributed by atoms with Crippen molar-refractivity contribution in [1.29, 1.82) is 0 Å². The third-order valence-electron chi connectivity index (χ3n) is 8.06. The second-order valence-corrected chi connectivity index (χ2v) is 9.55. The van der Waals surface area contributed by atoms with Gasteiger partial charge in [0.05, 0.1) is 14.2 Å². The van der Waals surface area contributed by atoms with Crippen molar-refractivity contribution in [2.75, 3.05) is 33.9 Å². The highest BCUT2D eigenvalue weighted by Gasteiger charge is 2.65. The van der Waals surface area contributed by atoms with Crippen LogP contribution in [-0.2, 0) is 11.3 Å². The van der Waals surface area contributed by atoms with Gasteiger partial charge in [0.25, 0.3) is 0 Å². The Morgan fingerprint density at radius 2 is 1.91 bits per heavy atom. The third kappa shape index (κ3) is 3.00. The lowest BCUT2D eigenvalue weighted by Gasteiger charge is -2.35. The minimum Gasteiger partial charge on any atom is -0.496 e. The normalized spacial score (nSPS) is 28.1. The van der Waals surface area contributed by atoms with E-state index in [1.165, 1.54) is 5.57 Å². The minimum absolute atomic E-state index is 0.259. The average molecular weight is 447 g/mol. The van der Waals surface area contributed by atoms with Crippen molar-refractivity contribution in [3.05, 3.63) is 59.2 Å². The first kappa shape index (κ1) is 20.6. The topological polar surface area (TPSA) is 51.2 Å². The molecule has 3 saturated heterocycles. The van der Waals surface area contributed by atoms with E-state index in [0.29, 0.717) is 19.1 Å². The molecule has 0 radical (unpaired) electrons. The molecule has 1 amide bonds. The Morgan fingerprint density at radius 1 is 1.09 bits per heavy atom. The molecule has 6 nitrogen and oxygen atoms in total. The summed E-state index contributed by atoms with van der Waals surface area (Å²) in [5.74, 6) is 3.07. The highest BCUT2D eigenvalue weighted by Crippen LogP contribution is 2.53. The fourth-order valence-corrected chi connectivity index (χ4v) is 6.66. The maximum atomic E-state index is 13.9. The van der Waals surface area contributed by atoms with Gasteiger partial charge in [-0.25, -0.2) is 0 Å². The monoisotopic (exact) mass is 446 g/mol. The van der Waals surface area contributed by atoms with Crippen LogP contribution in [0.25, 0.3) is 6.08 Å². The van der Waals surface area contributed by atoms with Gasteiger partial charge < -0.3 is 19.1 Å². The number of likely N-dealkylation sites (tertiary alicyclic amines) is 1. The van der Waals surface area contributed by atoms with Gasteiger partial charge in [-0.2, -0.15) is 0 Å². The zero-order valence-corrected chi connectivity index (χ0v) is 19.3. The molecule has 0 aliphatic carbocycles. The molecule has 2 aromatic rings. The lowest BCUT2D eigenvalue weighted by atomic mass is 9.85. The summed E-state index contributed by atoms with van der Waals surface area (Å²) in [4.78, 5) is 18.4. The average Bonchev–Trinajstić information content (AvgIpc) is 3.49. The Hall–Kier alpha value is -2.99. The molecule has 6 heteroatoms. The SMILES string of the molecule is COc1ccccc1CN1C[C@@H]2C[C@@H](C3=Cc4cccc(OC)c4OC3)N3CCC[C@@]23C1=O. The number of fused-ring (bicyclic) bond motifs is 1. The molecule has 0 bridgehead atoms. The van der Waals surface area contributed by atoms with Gasteiger partial charge in [0, 0.05) is 36.2 Å². The first-order valence-electron chi connectivity index (χ1n) is 11.8. The van der Waals surface area contributed by atoms with Crippen LogP contribution in [0.15, 0.2) is 48.0 Å². The number of hydrogen-bond donors (Lipinski definition) is 0. The van der Waals surface area contributed by atoms with Gasteiger partial charge in [0.15, 0.2) is 11.5 Å². The van der Waals surface area contributed by atoms with E-state index in [0.717, 1.165) is 60.7 Å². The number of carbonyl (C=O) groups excluding carboxylic acids is 1. The molecule has 4 heterocycles. The first-order chi connectivity index (χ1) is 16.2. The smallest absolute Gasteiger partial charge is 0.243 e. The Balaban J connectivity index is 1.27. The fraction of sp³-hybridized carbons (Fsp3) is 0.444. The quantitative estimate of drug-likeness (QED) is 0.700. The Labute approximate surface area is 194 Å². The van der Waals surface area contributed by atoms with Crippen LogP contribution < -0.4 is 14.2 Å². The number of ether oxygens (including phenoxy) is 3. The maximum absolute atomic E-state index is 13.9. The van der Waals surface area contributed by atoms with Crippen molar-refractivity contribution in [1.82, 2.24) is 9.80 Å². The predicted octanol–water partition coefficient (Wildman–Crippen LogP) is 3.75. The van der Waals surface area contributed by atoms with Gasteiger partial charge in [-0.15, -0.1) is 0 Å². The van der Waals surface area contributed by atoms with E-state index in [9.17, 15) is 4.79 Å². The van der Waals surface area contributed by atoms with E-state index >= 15 is 0 Å². The molecule has 0 saturated carbocycles. The summed E-state index contributed by atoms with van der Waals surface area (Å²) in [5, 5.41) is 0. The Morgan fingerprint density at radius 3 is 2.76 bits per heavy atom. The van der Waals surface area contributed by atoms with Crippen molar-refractivity contribution in [2.24, 2.45) is 5.92 Å². The van der Waals surface area contributed by atoms with Gasteiger partial charge in [0.2, 0.25) is 5.91 Å². The first-order valence-corrected chi connectivity index (χ1v) is 11.8. The largest absolute Gasteiger partial charge is 0.496 e. The molecule has 33 heavy (non-hydrogen) atoms. The van der Waals surface area contributed by atoms with Crippen molar-refractivity contribution in [3.8, 4) is 17.2 Å². The van der Waals surface area contributed by atoms with E-state index in [-0.39, 0.29) is 17.5 Å². The number of hydrogen-bond acceptors (Lipinski definition) is 5. The molecule has 1 spiro atoms. The molecular formula is C27H30N2O4. The molecule has 3 fully saturated rings. The lowest BCUT2D eigenvalue weighted by molar-refractivity contribution is -0.137. The number of amides is 1. The van der Waals surface area contributed by atoms with Crippen molar-refractivity contribution in [2.45, 2.75) is 37.4 Å². The fourth-order valence-electron chi connectivity index (χ4n) is 6.66. The van der Waals surface area contributed by atoms with Crippen LogP contribution in [0, 0.1) is 5.92 Å². The molecular weight excluding hydrogens is 416 g/mol. The minimum atomic E-state index is -0.359. The van der Waals surface area contributed by atoms with Crippen molar-refractivity contribution < 1.29 is 19.0 Å².